The second kappa shape index (κ2) is 7.92. The van der Waals surface area contributed by atoms with Crippen molar-refractivity contribution in [3.8, 4) is 5.75 Å². The van der Waals surface area contributed by atoms with Gasteiger partial charge in [0.2, 0.25) is 10.0 Å². The SMILES string of the molecule is COc1ccc(S(=O)(=O)NCCCC(C)(C)NC(=O)O)c2ccccc12. The van der Waals surface area contributed by atoms with Crippen LogP contribution >= 0.6 is 0 Å². The minimum atomic E-state index is -3.69. The molecule has 7 nitrogen and oxygen atoms in total. The van der Waals surface area contributed by atoms with E-state index in [1.165, 1.54) is 6.07 Å². The molecule has 3 N–H and O–H groups in total. The molecule has 0 saturated heterocycles. The van der Waals surface area contributed by atoms with Gasteiger partial charge in [0.25, 0.3) is 0 Å². The minimum Gasteiger partial charge on any atom is -0.496 e. The molecule has 0 spiro atoms. The number of benzene rings is 2. The maximum Gasteiger partial charge on any atom is 0.405 e. The number of hydrogen-bond donors (Lipinski definition) is 3. The Balaban J connectivity index is 2.12. The van der Waals surface area contributed by atoms with E-state index in [4.69, 9.17) is 9.84 Å². The van der Waals surface area contributed by atoms with Crippen LogP contribution < -0.4 is 14.8 Å². The van der Waals surface area contributed by atoms with Crippen LogP contribution in [-0.2, 0) is 10.0 Å². The second-order valence-corrected chi connectivity index (χ2v) is 8.36. The molecular formula is C18H24N2O5S. The summed E-state index contributed by atoms with van der Waals surface area (Å²) in [5, 5.41) is 12.5. The Bertz CT molecular complexity index is 894. The number of carbonyl (C=O) groups is 1. The van der Waals surface area contributed by atoms with Crippen LogP contribution in [0.2, 0.25) is 0 Å². The number of sulfonamides is 1. The number of ether oxygens (including phenoxy) is 1. The van der Waals surface area contributed by atoms with E-state index in [-0.39, 0.29) is 11.4 Å². The highest BCUT2D eigenvalue weighted by molar-refractivity contribution is 7.89. The predicted octanol–water partition coefficient (Wildman–Crippen LogP) is 2.95. The summed E-state index contributed by atoms with van der Waals surface area (Å²) in [4.78, 5) is 10.9. The fraction of sp³-hybridized carbons (Fsp3) is 0.389. The number of fused-ring (bicyclic) bond motifs is 1. The molecule has 0 fully saturated rings. The molecule has 0 atom stereocenters. The van der Waals surface area contributed by atoms with E-state index in [0.717, 1.165) is 5.39 Å². The van der Waals surface area contributed by atoms with E-state index < -0.39 is 21.7 Å². The highest BCUT2D eigenvalue weighted by atomic mass is 32.2. The molecular weight excluding hydrogens is 356 g/mol. The molecule has 8 heteroatoms. The molecule has 1 amide bonds. The summed E-state index contributed by atoms with van der Waals surface area (Å²) >= 11 is 0. The van der Waals surface area contributed by atoms with Gasteiger partial charge in [-0.3, -0.25) is 0 Å². The molecule has 142 valence electrons. The molecule has 0 unspecified atom stereocenters. The van der Waals surface area contributed by atoms with E-state index in [9.17, 15) is 13.2 Å². The molecule has 2 rings (SSSR count). The zero-order valence-electron chi connectivity index (χ0n) is 15.1. The van der Waals surface area contributed by atoms with Gasteiger partial charge in [0.1, 0.15) is 5.75 Å². The molecule has 0 radical (unpaired) electrons. The highest BCUT2D eigenvalue weighted by Crippen LogP contribution is 2.30. The molecule has 0 aliphatic rings. The topological polar surface area (TPSA) is 105 Å². The lowest BCUT2D eigenvalue weighted by atomic mass is 9.99. The van der Waals surface area contributed by atoms with Gasteiger partial charge in [-0.1, -0.05) is 24.3 Å². The summed E-state index contributed by atoms with van der Waals surface area (Å²) in [5.74, 6) is 0.612. The summed E-state index contributed by atoms with van der Waals surface area (Å²) in [6.45, 7) is 3.73. The largest absolute Gasteiger partial charge is 0.496 e. The molecule has 0 aromatic heterocycles. The number of methoxy groups -OCH3 is 1. The monoisotopic (exact) mass is 380 g/mol. The van der Waals surface area contributed by atoms with Crippen molar-refractivity contribution in [1.29, 1.82) is 0 Å². The van der Waals surface area contributed by atoms with Crippen molar-refractivity contribution in [1.82, 2.24) is 10.0 Å². The Labute approximate surface area is 153 Å². The fourth-order valence-corrected chi connectivity index (χ4v) is 4.11. The Morgan fingerprint density at radius 2 is 1.81 bits per heavy atom. The van der Waals surface area contributed by atoms with Crippen LogP contribution in [0.1, 0.15) is 26.7 Å². The van der Waals surface area contributed by atoms with Gasteiger partial charge in [-0.25, -0.2) is 17.9 Å². The number of amides is 1. The maximum absolute atomic E-state index is 12.7. The van der Waals surface area contributed by atoms with Crippen LogP contribution in [0.5, 0.6) is 5.75 Å². The van der Waals surface area contributed by atoms with E-state index in [1.807, 2.05) is 12.1 Å². The quantitative estimate of drug-likeness (QED) is 0.611. The molecule has 0 aliphatic carbocycles. The molecule has 26 heavy (non-hydrogen) atoms. The second-order valence-electron chi connectivity index (χ2n) is 6.63. The number of hydrogen-bond acceptors (Lipinski definition) is 4. The Hall–Kier alpha value is -2.32. The number of rotatable bonds is 8. The normalized spacial score (nSPS) is 12.1. The van der Waals surface area contributed by atoms with Gasteiger partial charge in [0, 0.05) is 22.9 Å². The van der Waals surface area contributed by atoms with Crippen molar-refractivity contribution in [3.63, 3.8) is 0 Å². The molecule has 0 saturated carbocycles. The average molecular weight is 380 g/mol. The van der Waals surface area contributed by atoms with Crippen LogP contribution in [0.15, 0.2) is 41.3 Å². The smallest absolute Gasteiger partial charge is 0.405 e. The van der Waals surface area contributed by atoms with Crippen molar-refractivity contribution in [2.75, 3.05) is 13.7 Å². The van der Waals surface area contributed by atoms with Crippen molar-refractivity contribution >= 4 is 26.9 Å². The van der Waals surface area contributed by atoms with E-state index in [1.54, 1.807) is 39.2 Å². The maximum atomic E-state index is 12.7. The van der Waals surface area contributed by atoms with Crippen molar-refractivity contribution < 1.29 is 23.1 Å². The van der Waals surface area contributed by atoms with Gasteiger partial charge in [-0.15, -0.1) is 0 Å². The van der Waals surface area contributed by atoms with Gasteiger partial charge >= 0.3 is 6.09 Å². The van der Waals surface area contributed by atoms with Crippen LogP contribution in [0, 0.1) is 0 Å². The van der Waals surface area contributed by atoms with Crippen molar-refractivity contribution in [3.05, 3.63) is 36.4 Å². The summed E-state index contributed by atoms with van der Waals surface area (Å²) in [7, 11) is -2.15. The van der Waals surface area contributed by atoms with E-state index in [0.29, 0.717) is 24.0 Å². The van der Waals surface area contributed by atoms with Crippen molar-refractivity contribution in [2.45, 2.75) is 37.1 Å². The van der Waals surface area contributed by atoms with Crippen LogP contribution in [-0.4, -0.2) is 38.8 Å². The average Bonchev–Trinajstić information content (AvgIpc) is 2.56. The Morgan fingerprint density at radius 3 is 2.42 bits per heavy atom. The van der Waals surface area contributed by atoms with Gasteiger partial charge in [-0.05, 0) is 38.8 Å². The molecule has 0 bridgehead atoms. The van der Waals surface area contributed by atoms with Crippen LogP contribution in [0.4, 0.5) is 4.79 Å². The first-order chi connectivity index (χ1) is 12.2. The van der Waals surface area contributed by atoms with Crippen LogP contribution in [0.25, 0.3) is 10.8 Å². The molecule has 2 aromatic rings. The summed E-state index contributed by atoms with van der Waals surface area (Å²) in [6, 6.07) is 10.3. The first-order valence-corrected chi connectivity index (χ1v) is 9.71. The lowest BCUT2D eigenvalue weighted by Crippen LogP contribution is -2.43. The highest BCUT2D eigenvalue weighted by Gasteiger charge is 2.21. The van der Waals surface area contributed by atoms with E-state index in [2.05, 4.69) is 10.0 Å². The standard InChI is InChI=1S/C18H24N2O5S/c1-18(2,20-17(21)22)11-6-12-19-26(23,24)16-10-9-15(25-3)13-7-4-5-8-14(13)16/h4-5,7-10,19-20H,6,11-12H2,1-3H3,(H,21,22). The molecule has 0 heterocycles. The number of nitrogens with one attached hydrogen (secondary N) is 2. The van der Waals surface area contributed by atoms with Gasteiger partial charge in [0.15, 0.2) is 0 Å². The number of carboxylic acid groups (broad SMARTS) is 1. The third-order valence-corrected chi connectivity index (χ3v) is 5.59. The Morgan fingerprint density at radius 1 is 1.15 bits per heavy atom. The minimum absolute atomic E-state index is 0.192. The fourth-order valence-electron chi connectivity index (χ4n) is 2.82. The van der Waals surface area contributed by atoms with Gasteiger partial charge in [0.05, 0.1) is 12.0 Å². The lowest BCUT2D eigenvalue weighted by Gasteiger charge is -2.24. The van der Waals surface area contributed by atoms with E-state index >= 15 is 0 Å². The molecule has 2 aromatic carbocycles. The molecule has 0 aliphatic heterocycles. The summed E-state index contributed by atoms with van der Waals surface area (Å²) in [6.07, 6.45) is -0.0912. The lowest BCUT2D eigenvalue weighted by molar-refractivity contribution is 0.180. The third-order valence-electron chi connectivity index (χ3n) is 4.07. The van der Waals surface area contributed by atoms with Crippen molar-refractivity contribution in [2.24, 2.45) is 0 Å². The zero-order valence-corrected chi connectivity index (χ0v) is 15.9. The summed E-state index contributed by atoms with van der Waals surface area (Å²) in [5.41, 5.74) is -0.621. The first kappa shape index (κ1) is 20.0. The van der Waals surface area contributed by atoms with Gasteiger partial charge in [-0.2, -0.15) is 0 Å². The third kappa shape index (κ3) is 4.86. The zero-order chi connectivity index (χ0) is 19.4. The predicted molar refractivity (Wildman–Crippen MR) is 100 cm³/mol. The first-order valence-electron chi connectivity index (χ1n) is 8.23. The van der Waals surface area contributed by atoms with Gasteiger partial charge < -0.3 is 15.2 Å². The van der Waals surface area contributed by atoms with Crippen LogP contribution in [0.3, 0.4) is 0 Å². The Kier molecular flexibility index (Phi) is 6.09. The summed E-state index contributed by atoms with van der Waals surface area (Å²) < 4.78 is 33.3.